The van der Waals surface area contributed by atoms with Crippen molar-refractivity contribution >= 4 is 17.4 Å². The van der Waals surface area contributed by atoms with E-state index in [9.17, 15) is 5.11 Å². The van der Waals surface area contributed by atoms with Crippen LogP contribution in [0, 0.1) is 0 Å². The highest BCUT2D eigenvalue weighted by Gasteiger charge is 2.15. The molecule has 0 fully saturated rings. The summed E-state index contributed by atoms with van der Waals surface area (Å²) in [5, 5.41) is 9.98. The lowest BCUT2D eigenvalue weighted by atomic mass is 10.1. The lowest BCUT2D eigenvalue weighted by Crippen LogP contribution is -2.33. The molecule has 0 radical (unpaired) electrons. The summed E-state index contributed by atoms with van der Waals surface area (Å²) >= 11 is 1.85. The first-order chi connectivity index (χ1) is 8.51. The molecule has 4 heteroatoms. The van der Waals surface area contributed by atoms with Crippen LogP contribution in [0.25, 0.3) is 0 Å². The normalized spacial score (nSPS) is 14.3. The minimum atomic E-state index is -0.141. The molecular formula is C14H24N2OS. The largest absolute Gasteiger partial charge is 0.508 e. The van der Waals surface area contributed by atoms with Crippen molar-refractivity contribution in [3.8, 4) is 5.75 Å². The van der Waals surface area contributed by atoms with E-state index in [1.54, 1.807) is 0 Å². The Hall–Kier alpha value is -0.870. The molecule has 1 rings (SSSR count). The summed E-state index contributed by atoms with van der Waals surface area (Å²) in [6.07, 6.45) is 3.21. The monoisotopic (exact) mass is 268 g/mol. The molecule has 0 saturated heterocycles. The van der Waals surface area contributed by atoms with E-state index < -0.39 is 0 Å². The van der Waals surface area contributed by atoms with Crippen LogP contribution in [0.2, 0.25) is 0 Å². The number of phenolic OH excluding ortho intramolecular Hbond substituents is 1. The van der Waals surface area contributed by atoms with Gasteiger partial charge in [-0.25, -0.2) is 0 Å². The molecule has 0 heterocycles. The lowest BCUT2D eigenvalue weighted by Gasteiger charge is -2.29. The van der Waals surface area contributed by atoms with Gasteiger partial charge in [-0.2, -0.15) is 11.8 Å². The van der Waals surface area contributed by atoms with Crippen molar-refractivity contribution in [3.63, 3.8) is 0 Å². The molecule has 0 aliphatic carbocycles. The van der Waals surface area contributed by atoms with Crippen molar-refractivity contribution in [2.75, 3.05) is 24.0 Å². The quantitative estimate of drug-likeness (QED) is 0.833. The van der Waals surface area contributed by atoms with E-state index in [4.69, 9.17) is 5.73 Å². The van der Waals surface area contributed by atoms with E-state index in [0.29, 0.717) is 6.04 Å². The third-order valence-corrected chi connectivity index (χ3v) is 4.01. The van der Waals surface area contributed by atoms with Gasteiger partial charge >= 0.3 is 0 Å². The zero-order valence-electron chi connectivity index (χ0n) is 11.7. The molecule has 102 valence electrons. The average molecular weight is 268 g/mol. The van der Waals surface area contributed by atoms with Crippen LogP contribution in [0.4, 0.5) is 5.69 Å². The van der Waals surface area contributed by atoms with Gasteiger partial charge in [0.2, 0.25) is 0 Å². The Morgan fingerprint density at radius 2 is 2.11 bits per heavy atom. The Labute approximate surface area is 114 Å². The first-order valence-corrected chi connectivity index (χ1v) is 7.70. The molecule has 18 heavy (non-hydrogen) atoms. The highest BCUT2D eigenvalue weighted by molar-refractivity contribution is 7.98. The minimum absolute atomic E-state index is 0.141. The summed E-state index contributed by atoms with van der Waals surface area (Å²) in [4.78, 5) is 2.22. The van der Waals surface area contributed by atoms with Crippen LogP contribution < -0.4 is 10.6 Å². The number of rotatable bonds is 6. The first kappa shape index (κ1) is 15.2. The summed E-state index contributed by atoms with van der Waals surface area (Å²) in [5.74, 6) is 1.37. The molecule has 0 aromatic heterocycles. The smallest absolute Gasteiger partial charge is 0.122 e. The molecule has 2 unspecified atom stereocenters. The first-order valence-electron chi connectivity index (χ1n) is 6.31. The van der Waals surface area contributed by atoms with E-state index in [2.05, 4.69) is 25.1 Å². The van der Waals surface area contributed by atoms with Crippen molar-refractivity contribution in [1.82, 2.24) is 0 Å². The number of hydrogen-bond acceptors (Lipinski definition) is 4. The molecular weight excluding hydrogens is 244 g/mol. The highest BCUT2D eigenvalue weighted by atomic mass is 32.2. The zero-order chi connectivity index (χ0) is 13.7. The van der Waals surface area contributed by atoms with Gasteiger partial charge in [0.05, 0.1) is 0 Å². The van der Waals surface area contributed by atoms with Crippen LogP contribution in [0.5, 0.6) is 5.75 Å². The Kier molecular flexibility index (Phi) is 5.82. The van der Waals surface area contributed by atoms with Gasteiger partial charge in [-0.1, -0.05) is 13.0 Å². The second-order valence-electron chi connectivity index (χ2n) is 4.66. The van der Waals surface area contributed by atoms with E-state index in [0.717, 1.165) is 23.4 Å². The number of anilines is 1. The zero-order valence-corrected chi connectivity index (χ0v) is 12.5. The fourth-order valence-electron chi connectivity index (χ4n) is 2.04. The second kappa shape index (κ2) is 6.90. The number of thioether (sulfide) groups is 1. The van der Waals surface area contributed by atoms with Crippen LogP contribution in [0.15, 0.2) is 18.2 Å². The van der Waals surface area contributed by atoms with Crippen molar-refractivity contribution in [1.29, 1.82) is 0 Å². The molecule has 3 nitrogen and oxygen atoms in total. The van der Waals surface area contributed by atoms with Gasteiger partial charge in [0.25, 0.3) is 0 Å². The molecule has 0 saturated carbocycles. The maximum atomic E-state index is 9.98. The SMILES string of the molecule is CCC(CSC)N(C)c1ccc(C(C)N)c(O)c1. The number of nitrogens with zero attached hydrogens (tertiary/aromatic N) is 1. The maximum absolute atomic E-state index is 9.98. The van der Waals surface area contributed by atoms with E-state index in [-0.39, 0.29) is 11.8 Å². The number of nitrogens with two attached hydrogens (primary N) is 1. The standard InChI is InChI=1S/C14H24N2OS/c1-5-11(9-18-4)16(3)12-6-7-13(10(2)15)14(17)8-12/h6-8,10-11,17H,5,9,15H2,1-4H3. The van der Waals surface area contributed by atoms with E-state index in [1.165, 1.54) is 0 Å². The number of phenols is 1. The molecule has 0 aliphatic rings. The Morgan fingerprint density at radius 3 is 2.56 bits per heavy atom. The molecule has 1 aromatic rings. The second-order valence-corrected chi connectivity index (χ2v) is 5.57. The topological polar surface area (TPSA) is 49.5 Å². The predicted octanol–water partition coefficient (Wildman–Crippen LogP) is 2.99. The third-order valence-electron chi connectivity index (χ3n) is 3.29. The Bertz CT molecular complexity index is 382. The molecule has 0 bridgehead atoms. The Balaban J connectivity index is 2.92. The fourth-order valence-corrected chi connectivity index (χ4v) is 2.89. The van der Waals surface area contributed by atoms with Gasteiger partial charge in [-0.15, -0.1) is 0 Å². The highest BCUT2D eigenvalue weighted by Crippen LogP contribution is 2.29. The van der Waals surface area contributed by atoms with Crippen molar-refractivity contribution < 1.29 is 5.11 Å². The summed E-state index contributed by atoms with van der Waals surface area (Å²) in [6.45, 7) is 4.06. The lowest BCUT2D eigenvalue weighted by molar-refractivity contribution is 0.463. The van der Waals surface area contributed by atoms with Gasteiger partial charge in [0.1, 0.15) is 5.75 Å². The van der Waals surface area contributed by atoms with Gasteiger partial charge in [0, 0.05) is 42.2 Å². The van der Waals surface area contributed by atoms with Crippen molar-refractivity contribution in [2.45, 2.75) is 32.4 Å². The molecule has 0 amide bonds. The number of hydrogen-bond donors (Lipinski definition) is 2. The maximum Gasteiger partial charge on any atom is 0.122 e. The van der Waals surface area contributed by atoms with E-state index in [1.807, 2.05) is 36.9 Å². The summed E-state index contributed by atoms with van der Waals surface area (Å²) in [5.41, 5.74) is 7.63. The predicted molar refractivity (Wildman–Crippen MR) is 81.6 cm³/mol. The summed E-state index contributed by atoms with van der Waals surface area (Å²) in [7, 11) is 2.07. The van der Waals surface area contributed by atoms with Gasteiger partial charge < -0.3 is 15.7 Å². The number of benzene rings is 1. The van der Waals surface area contributed by atoms with Crippen LogP contribution >= 0.6 is 11.8 Å². The average Bonchev–Trinajstić information content (AvgIpc) is 2.34. The van der Waals surface area contributed by atoms with Crippen LogP contribution in [0.1, 0.15) is 31.9 Å². The van der Waals surface area contributed by atoms with Gasteiger partial charge in [0.15, 0.2) is 0 Å². The molecule has 1 aromatic carbocycles. The van der Waals surface area contributed by atoms with Crippen LogP contribution in [0.3, 0.4) is 0 Å². The molecule has 3 N–H and O–H groups in total. The third kappa shape index (κ3) is 3.56. The summed E-state index contributed by atoms with van der Waals surface area (Å²) in [6, 6.07) is 6.10. The molecule has 2 atom stereocenters. The van der Waals surface area contributed by atoms with Crippen LogP contribution in [-0.2, 0) is 0 Å². The molecule has 0 aliphatic heterocycles. The summed E-state index contributed by atoms with van der Waals surface area (Å²) < 4.78 is 0. The van der Waals surface area contributed by atoms with E-state index >= 15 is 0 Å². The Morgan fingerprint density at radius 1 is 1.44 bits per heavy atom. The van der Waals surface area contributed by atoms with Crippen molar-refractivity contribution in [3.05, 3.63) is 23.8 Å². The van der Waals surface area contributed by atoms with Crippen molar-refractivity contribution in [2.24, 2.45) is 5.73 Å². The minimum Gasteiger partial charge on any atom is -0.508 e. The number of aromatic hydroxyl groups is 1. The van der Waals surface area contributed by atoms with Gasteiger partial charge in [-0.05, 0) is 25.7 Å². The fraction of sp³-hybridized carbons (Fsp3) is 0.571. The van der Waals surface area contributed by atoms with Crippen LogP contribution in [-0.4, -0.2) is 30.2 Å². The molecule has 0 spiro atoms. The van der Waals surface area contributed by atoms with Gasteiger partial charge in [-0.3, -0.25) is 0 Å².